The van der Waals surface area contributed by atoms with Crippen LogP contribution in [0.3, 0.4) is 0 Å². The minimum absolute atomic E-state index is 0.244. The third-order valence-corrected chi connectivity index (χ3v) is 3.29. The first-order valence-electron chi connectivity index (χ1n) is 6.55. The molecule has 0 aliphatic heterocycles. The quantitative estimate of drug-likeness (QED) is 0.774. The van der Waals surface area contributed by atoms with Crippen LogP contribution >= 0.6 is 0 Å². The molecule has 2 heterocycles. The molecule has 0 aliphatic carbocycles. The van der Waals surface area contributed by atoms with Crippen molar-refractivity contribution < 1.29 is 4.79 Å². The van der Waals surface area contributed by atoms with Crippen LogP contribution in [0.1, 0.15) is 16.1 Å². The van der Waals surface area contributed by atoms with Gasteiger partial charge < -0.3 is 10.3 Å². The predicted molar refractivity (Wildman–Crippen MR) is 79.9 cm³/mol. The van der Waals surface area contributed by atoms with E-state index in [1.54, 1.807) is 11.7 Å². The van der Waals surface area contributed by atoms with Crippen LogP contribution in [0, 0.1) is 6.92 Å². The van der Waals surface area contributed by atoms with Crippen molar-refractivity contribution in [1.29, 1.82) is 0 Å². The molecule has 106 valence electrons. The Hall–Kier alpha value is -2.89. The van der Waals surface area contributed by atoms with Gasteiger partial charge in [-0.3, -0.25) is 9.48 Å². The number of aromatic amines is 1. The third kappa shape index (κ3) is 2.55. The SMILES string of the molecule is Cc1ccccc1-c1cc(NC(=O)c2cnc[nH]2)n(C)n1. The Labute approximate surface area is 121 Å². The van der Waals surface area contributed by atoms with Gasteiger partial charge in [0.05, 0.1) is 18.2 Å². The number of imidazole rings is 1. The van der Waals surface area contributed by atoms with E-state index in [0.717, 1.165) is 16.8 Å². The second-order valence-electron chi connectivity index (χ2n) is 4.77. The van der Waals surface area contributed by atoms with E-state index in [4.69, 9.17) is 0 Å². The summed E-state index contributed by atoms with van der Waals surface area (Å²) in [6.45, 7) is 2.03. The fourth-order valence-electron chi connectivity index (χ4n) is 2.14. The maximum absolute atomic E-state index is 12.0. The summed E-state index contributed by atoms with van der Waals surface area (Å²) < 4.78 is 1.65. The summed E-state index contributed by atoms with van der Waals surface area (Å²) in [5.41, 5.74) is 3.43. The standard InChI is InChI=1S/C15H15N5O/c1-10-5-3-4-6-11(10)12-7-14(20(2)19-12)18-15(21)13-8-16-9-17-13/h3-9H,1-2H3,(H,16,17)(H,18,21). The van der Waals surface area contributed by atoms with Crippen LogP contribution < -0.4 is 5.32 Å². The zero-order valence-corrected chi connectivity index (χ0v) is 11.8. The largest absolute Gasteiger partial charge is 0.341 e. The highest BCUT2D eigenvalue weighted by molar-refractivity contribution is 6.02. The van der Waals surface area contributed by atoms with Gasteiger partial charge in [0.2, 0.25) is 0 Å². The monoisotopic (exact) mass is 281 g/mol. The zero-order chi connectivity index (χ0) is 14.8. The zero-order valence-electron chi connectivity index (χ0n) is 11.8. The molecular formula is C15H15N5O. The van der Waals surface area contributed by atoms with Crippen molar-refractivity contribution in [3.05, 3.63) is 54.1 Å². The van der Waals surface area contributed by atoms with Crippen molar-refractivity contribution >= 4 is 11.7 Å². The minimum Gasteiger partial charge on any atom is -0.341 e. The van der Waals surface area contributed by atoms with Gasteiger partial charge in [-0.2, -0.15) is 5.10 Å². The van der Waals surface area contributed by atoms with E-state index in [1.165, 1.54) is 12.5 Å². The fraction of sp³-hybridized carbons (Fsp3) is 0.133. The van der Waals surface area contributed by atoms with Crippen LogP contribution in [0.15, 0.2) is 42.9 Å². The normalized spacial score (nSPS) is 10.6. The summed E-state index contributed by atoms with van der Waals surface area (Å²) in [5.74, 6) is 0.389. The van der Waals surface area contributed by atoms with Crippen LogP contribution in [0.25, 0.3) is 11.3 Å². The maximum Gasteiger partial charge on any atom is 0.274 e. The molecule has 0 saturated heterocycles. The number of hydrogen-bond donors (Lipinski definition) is 2. The molecular weight excluding hydrogens is 266 g/mol. The van der Waals surface area contributed by atoms with E-state index < -0.39 is 0 Å². The fourth-order valence-corrected chi connectivity index (χ4v) is 2.14. The smallest absolute Gasteiger partial charge is 0.274 e. The molecule has 6 nitrogen and oxygen atoms in total. The summed E-state index contributed by atoms with van der Waals surface area (Å²) in [7, 11) is 1.80. The van der Waals surface area contributed by atoms with Crippen LogP contribution in [0.5, 0.6) is 0 Å². The summed E-state index contributed by atoms with van der Waals surface area (Å²) in [4.78, 5) is 18.6. The number of benzene rings is 1. The van der Waals surface area contributed by atoms with Gasteiger partial charge in [0.25, 0.3) is 5.91 Å². The van der Waals surface area contributed by atoms with Crippen LogP contribution in [0.2, 0.25) is 0 Å². The topological polar surface area (TPSA) is 75.6 Å². The highest BCUT2D eigenvalue weighted by Gasteiger charge is 2.13. The number of aryl methyl sites for hydroxylation is 2. The Morgan fingerprint density at radius 2 is 2.14 bits per heavy atom. The molecule has 0 saturated carbocycles. The van der Waals surface area contributed by atoms with Crippen LogP contribution in [0.4, 0.5) is 5.82 Å². The number of H-pyrrole nitrogens is 1. The number of nitrogens with one attached hydrogen (secondary N) is 2. The highest BCUT2D eigenvalue weighted by atomic mass is 16.2. The van der Waals surface area contributed by atoms with E-state index >= 15 is 0 Å². The lowest BCUT2D eigenvalue weighted by Crippen LogP contribution is -2.14. The molecule has 0 bridgehead atoms. The van der Waals surface area contributed by atoms with Crippen molar-refractivity contribution in [3.8, 4) is 11.3 Å². The van der Waals surface area contributed by atoms with E-state index in [-0.39, 0.29) is 5.91 Å². The molecule has 1 aromatic carbocycles. The Morgan fingerprint density at radius 3 is 2.86 bits per heavy atom. The van der Waals surface area contributed by atoms with E-state index in [1.807, 2.05) is 37.3 Å². The van der Waals surface area contributed by atoms with Crippen molar-refractivity contribution in [2.24, 2.45) is 7.05 Å². The molecule has 0 spiro atoms. The van der Waals surface area contributed by atoms with Crippen molar-refractivity contribution in [2.75, 3.05) is 5.32 Å². The molecule has 21 heavy (non-hydrogen) atoms. The summed E-state index contributed by atoms with van der Waals surface area (Å²) in [6.07, 6.45) is 2.95. The average Bonchev–Trinajstić information content (AvgIpc) is 3.10. The van der Waals surface area contributed by atoms with Gasteiger partial charge in [0.1, 0.15) is 11.5 Å². The average molecular weight is 281 g/mol. The molecule has 6 heteroatoms. The van der Waals surface area contributed by atoms with E-state index in [2.05, 4.69) is 20.4 Å². The lowest BCUT2D eigenvalue weighted by atomic mass is 10.1. The Bertz CT molecular complexity index is 773. The number of anilines is 1. The molecule has 0 fully saturated rings. The van der Waals surface area contributed by atoms with Crippen LogP contribution in [-0.2, 0) is 7.05 Å². The van der Waals surface area contributed by atoms with Crippen molar-refractivity contribution in [1.82, 2.24) is 19.7 Å². The first-order chi connectivity index (χ1) is 10.1. The number of nitrogens with zero attached hydrogens (tertiary/aromatic N) is 3. The molecule has 1 amide bonds. The maximum atomic E-state index is 12.0. The lowest BCUT2D eigenvalue weighted by molar-refractivity contribution is 0.102. The van der Waals surface area contributed by atoms with Gasteiger partial charge in [-0.1, -0.05) is 24.3 Å². The number of hydrogen-bond acceptors (Lipinski definition) is 3. The highest BCUT2D eigenvalue weighted by Crippen LogP contribution is 2.24. The molecule has 0 aliphatic rings. The number of amides is 1. The molecule has 3 aromatic rings. The second-order valence-corrected chi connectivity index (χ2v) is 4.77. The molecule has 3 rings (SSSR count). The summed E-state index contributed by atoms with van der Waals surface area (Å²) in [6, 6.07) is 9.87. The Kier molecular flexibility index (Phi) is 3.27. The Balaban J connectivity index is 1.89. The van der Waals surface area contributed by atoms with Crippen molar-refractivity contribution in [2.45, 2.75) is 6.92 Å². The summed E-state index contributed by atoms with van der Waals surface area (Å²) >= 11 is 0. The van der Waals surface area contributed by atoms with Crippen molar-refractivity contribution in [3.63, 3.8) is 0 Å². The number of carbonyl (C=O) groups excluding carboxylic acids is 1. The lowest BCUT2D eigenvalue weighted by Gasteiger charge is -2.02. The van der Waals surface area contributed by atoms with Crippen LogP contribution in [-0.4, -0.2) is 25.7 Å². The predicted octanol–water partition coefficient (Wildman–Crippen LogP) is 2.37. The molecule has 0 unspecified atom stereocenters. The molecule has 2 N–H and O–H groups in total. The van der Waals surface area contributed by atoms with Gasteiger partial charge in [-0.15, -0.1) is 0 Å². The third-order valence-electron chi connectivity index (χ3n) is 3.29. The number of aromatic nitrogens is 4. The van der Waals surface area contributed by atoms with Gasteiger partial charge in [0.15, 0.2) is 0 Å². The Morgan fingerprint density at radius 1 is 1.33 bits per heavy atom. The summed E-state index contributed by atoms with van der Waals surface area (Å²) in [5, 5.41) is 7.26. The molecule has 2 aromatic heterocycles. The van der Waals surface area contributed by atoms with Gasteiger partial charge >= 0.3 is 0 Å². The van der Waals surface area contributed by atoms with Gasteiger partial charge in [-0.05, 0) is 12.5 Å². The first kappa shape index (κ1) is 13.1. The second kappa shape index (κ2) is 5.24. The van der Waals surface area contributed by atoms with E-state index in [0.29, 0.717) is 11.5 Å². The molecule has 0 atom stereocenters. The minimum atomic E-state index is -0.244. The molecule has 0 radical (unpaired) electrons. The number of carbonyl (C=O) groups is 1. The van der Waals surface area contributed by atoms with Gasteiger partial charge in [0, 0.05) is 18.7 Å². The number of rotatable bonds is 3. The van der Waals surface area contributed by atoms with E-state index in [9.17, 15) is 4.79 Å². The van der Waals surface area contributed by atoms with Gasteiger partial charge in [-0.25, -0.2) is 4.98 Å². The first-order valence-corrected chi connectivity index (χ1v) is 6.55.